The minimum Gasteiger partial charge on any atom is -0.133 e. The molecule has 0 amide bonds. The Labute approximate surface area is 119 Å². The molecule has 0 aliphatic rings. The van der Waals surface area contributed by atoms with Crippen LogP contribution in [0.25, 0.3) is 0 Å². The first-order valence-electron chi connectivity index (χ1n) is 4.23. The number of thiophene rings is 2. The highest BCUT2D eigenvalue weighted by atomic mass is 79.9. The van der Waals surface area contributed by atoms with Crippen molar-refractivity contribution in [3.05, 3.63) is 41.6 Å². The summed E-state index contributed by atoms with van der Waals surface area (Å²) in [5.74, 6) is 0. The van der Waals surface area contributed by atoms with E-state index in [4.69, 9.17) is 11.6 Å². The molecule has 0 fully saturated rings. The summed E-state index contributed by atoms with van der Waals surface area (Å²) < 4.78 is 2.00. The van der Waals surface area contributed by atoms with Crippen molar-refractivity contribution in [2.24, 2.45) is 0 Å². The maximum Gasteiger partial charge on any atom is 0.0931 e. The fraction of sp³-hybridized carbons (Fsp3) is 0.200. The van der Waals surface area contributed by atoms with E-state index >= 15 is 0 Å². The van der Waals surface area contributed by atoms with Gasteiger partial charge in [-0.15, -0.1) is 22.7 Å². The number of rotatable bonds is 2. The molecule has 0 bridgehead atoms. The van der Waals surface area contributed by atoms with Crippen LogP contribution in [0, 0.1) is 6.92 Å². The van der Waals surface area contributed by atoms with E-state index in [-0.39, 0.29) is 4.83 Å². The highest BCUT2D eigenvalue weighted by Crippen LogP contribution is 2.41. The van der Waals surface area contributed by atoms with E-state index in [0.717, 1.165) is 4.34 Å². The van der Waals surface area contributed by atoms with Crippen LogP contribution < -0.4 is 0 Å². The molecule has 80 valence electrons. The lowest BCUT2D eigenvalue weighted by atomic mass is 10.2. The van der Waals surface area contributed by atoms with E-state index in [9.17, 15) is 0 Å². The fourth-order valence-corrected chi connectivity index (χ4v) is 5.19. The van der Waals surface area contributed by atoms with Crippen LogP contribution in [0.1, 0.15) is 20.1 Å². The van der Waals surface area contributed by atoms with Crippen LogP contribution in [0.4, 0.5) is 0 Å². The van der Waals surface area contributed by atoms with Crippen molar-refractivity contribution < 1.29 is 0 Å². The summed E-state index contributed by atoms with van der Waals surface area (Å²) in [5.41, 5.74) is 1.31. The Morgan fingerprint density at radius 3 is 2.53 bits per heavy atom. The fourth-order valence-electron chi connectivity index (χ4n) is 1.33. The second-order valence-electron chi connectivity index (χ2n) is 3.07. The van der Waals surface area contributed by atoms with Crippen LogP contribution in [0.2, 0.25) is 4.34 Å². The molecule has 2 heterocycles. The van der Waals surface area contributed by atoms with Crippen molar-refractivity contribution in [1.29, 1.82) is 0 Å². The van der Waals surface area contributed by atoms with Crippen LogP contribution in [0.15, 0.2) is 22.0 Å². The monoisotopic (exact) mass is 384 g/mol. The Morgan fingerprint density at radius 1 is 1.33 bits per heavy atom. The molecule has 0 N–H and O–H groups in total. The molecule has 0 aliphatic heterocycles. The minimum absolute atomic E-state index is 0.248. The molecule has 2 aromatic heterocycles. The summed E-state index contributed by atoms with van der Waals surface area (Å²) in [4.78, 5) is 2.82. The lowest BCUT2D eigenvalue weighted by Crippen LogP contribution is -1.88. The Balaban J connectivity index is 2.35. The quantitative estimate of drug-likeness (QED) is 0.554. The molecule has 0 spiro atoms. The maximum atomic E-state index is 5.93. The van der Waals surface area contributed by atoms with Crippen LogP contribution >= 0.6 is 66.1 Å². The van der Waals surface area contributed by atoms with Gasteiger partial charge in [-0.05, 0) is 46.6 Å². The standard InChI is InChI=1S/C10H7Br2ClS2/c1-5-6(4-8(11)14-5)10(12)7-2-3-9(13)15-7/h2-4,10H,1H3. The molecule has 15 heavy (non-hydrogen) atoms. The molecular weight excluding hydrogens is 380 g/mol. The van der Waals surface area contributed by atoms with Gasteiger partial charge >= 0.3 is 0 Å². The maximum absolute atomic E-state index is 5.93. The first kappa shape index (κ1) is 12.1. The second-order valence-corrected chi connectivity index (χ2v) is 8.36. The zero-order chi connectivity index (χ0) is 11.0. The van der Waals surface area contributed by atoms with Gasteiger partial charge in [0.1, 0.15) is 0 Å². The van der Waals surface area contributed by atoms with E-state index in [1.807, 2.05) is 6.07 Å². The molecule has 5 heteroatoms. The third-order valence-electron chi connectivity index (χ3n) is 2.04. The van der Waals surface area contributed by atoms with Gasteiger partial charge in [0.2, 0.25) is 0 Å². The van der Waals surface area contributed by atoms with E-state index in [0.29, 0.717) is 0 Å². The van der Waals surface area contributed by atoms with Gasteiger partial charge in [-0.3, -0.25) is 0 Å². The minimum atomic E-state index is 0.248. The van der Waals surface area contributed by atoms with E-state index in [2.05, 4.69) is 50.9 Å². The first-order valence-corrected chi connectivity index (χ1v) is 7.95. The Morgan fingerprint density at radius 2 is 2.07 bits per heavy atom. The van der Waals surface area contributed by atoms with Crippen LogP contribution in [-0.4, -0.2) is 0 Å². The molecule has 1 unspecified atom stereocenters. The lowest BCUT2D eigenvalue weighted by Gasteiger charge is -2.06. The average molecular weight is 387 g/mol. The van der Waals surface area contributed by atoms with Crippen LogP contribution in [0.5, 0.6) is 0 Å². The molecular formula is C10H7Br2ClS2. The van der Waals surface area contributed by atoms with Gasteiger partial charge in [0, 0.05) is 9.75 Å². The van der Waals surface area contributed by atoms with Crippen LogP contribution in [0.3, 0.4) is 0 Å². The van der Waals surface area contributed by atoms with Crippen molar-refractivity contribution in [3.8, 4) is 0 Å². The lowest BCUT2D eigenvalue weighted by molar-refractivity contribution is 1.21. The number of hydrogen-bond donors (Lipinski definition) is 0. The Kier molecular flexibility index (Phi) is 3.94. The normalized spacial score (nSPS) is 13.1. The van der Waals surface area contributed by atoms with Gasteiger partial charge in [-0.25, -0.2) is 0 Å². The van der Waals surface area contributed by atoms with E-state index in [1.165, 1.54) is 19.1 Å². The highest BCUT2D eigenvalue weighted by Gasteiger charge is 2.16. The summed E-state index contributed by atoms with van der Waals surface area (Å²) in [6.45, 7) is 2.13. The van der Waals surface area contributed by atoms with Crippen molar-refractivity contribution in [2.45, 2.75) is 11.8 Å². The molecule has 0 aromatic carbocycles. The van der Waals surface area contributed by atoms with Crippen LogP contribution in [-0.2, 0) is 0 Å². The molecule has 0 radical (unpaired) electrons. The SMILES string of the molecule is Cc1sc(Br)cc1C(Br)c1ccc(Cl)s1. The smallest absolute Gasteiger partial charge is 0.0931 e. The summed E-state index contributed by atoms with van der Waals surface area (Å²) in [5, 5.41) is 0. The Hall–Kier alpha value is 0.650. The third-order valence-corrected chi connectivity index (χ3v) is 6.20. The molecule has 2 rings (SSSR count). The zero-order valence-electron chi connectivity index (χ0n) is 7.76. The van der Waals surface area contributed by atoms with Gasteiger partial charge in [0.05, 0.1) is 12.9 Å². The largest absolute Gasteiger partial charge is 0.133 e. The molecule has 1 atom stereocenters. The number of hydrogen-bond acceptors (Lipinski definition) is 2. The van der Waals surface area contributed by atoms with Gasteiger partial charge in [-0.2, -0.15) is 0 Å². The van der Waals surface area contributed by atoms with Gasteiger partial charge in [0.15, 0.2) is 0 Å². The summed E-state index contributed by atoms with van der Waals surface area (Å²) >= 11 is 16.5. The average Bonchev–Trinajstić information content (AvgIpc) is 2.71. The number of aryl methyl sites for hydroxylation is 1. The van der Waals surface area contributed by atoms with Gasteiger partial charge in [-0.1, -0.05) is 27.5 Å². The number of halogens is 3. The van der Waals surface area contributed by atoms with Gasteiger partial charge in [0.25, 0.3) is 0 Å². The second kappa shape index (κ2) is 4.88. The van der Waals surface area contributed by atoms with Crippen molar-refractivity contribution in [1.82, 2.24) is 0 Å². The first-order chi connectivity index (χ1) is 7.08. The third kappa shape index (κ3) is 2.67. The zero-order valence-corrected chi connectivity index (χ0v) is 13.3. The van der Waals surface area contributed by atoms with Gasteiger partial charge < -0.3 is 0 Å². The molecule has 0 aliphatic carbocycles. The highest BCUT2D eigenvalue weighted by molar-refractivity contribution is 9.11. The predicted octanol–water partition coefficient (Wildman–Crippen LogP) is 6.02. The molecule has 0 nitrogen and oxygen atoms in total. The summed E-state index contributed by atoms with van der Waals surface area (Å²) in [6, 6.07) is 6.16. The molecule has 2 aromatic rings. The summed E-state index contributed by atoms with van der Waals surface area (Å²) in [6.07, 6.45) is 0. The van der Waals surface area contributed by atoms with Crippen molar-refractivity contribution in [2.75, 3.05) is 0 Å². The van der Waals surface area contributed by atoms with Crippen molar-refractivity contribution in [3.63, 3.8) is 0 Å². The van der Waals surface area contributed by atoms with E-state index in [1.54, 1.807) is 22.7 Å². The van der Waals surface area contributed by atoms with Crippen molar-refractivity contribution >= 4 is 66.1 Å². The molecule has 0 saturated carbocycles. The summed E-state index contributed by atoms with van der Waals surface area (Å²) in [7, 11) is 0. The number of alkyl halides is 1. The topological polar surface area (TPSA) is 0 Å². The predicted molar refractivity (Wildman–Crippen MR) is 76.9 cm³/mol. The Bertz CT molecular complexity index is 475. The van der Waals surface area contributed by atoms with E-state index < -0.39 is 0 Å². The molecule has 0 saturated heterocycles.